The number of rotatable bonds is 2. The fourth-order valence-electron chi connectivity index (χ4n) is 5.73. The predicted octanol–water partition coefficient (Wildman–Crippen LogP) is 2.23. The number of hydrogen-bond acceptors (Lipinski definition) is 6. The van der Waals surface area contributed by atoms with Gasteiger partial charge in [0, 0.05) is 29.6 Å². The van der Waals surface area contributed by atoms with Crippen LogP contribution in [0.2, 0.25) is 0 Å². The molecule has 3 aliphatic rings. The Labute approximate surface area is 152 Å². The SMILES string of the molecule is C[C@H](CO)c1cc2c(c(O)c1O)[C@@]13CCCC(C)(C)[C@H]1[C@@H](OC3=O)[C@H]2O. The van der Waals surface area contributed by atoms with Crippen LogP contribution in [0.25, 0.3) is 0 Å². The molecule has 2 aliphatic carbocycles. The van der Waals surface area contributed by atoms with E-state index in [2.05, 4.69) is 13.8 Å². The number of phenols is 2. The summed E-state index contributed by atoms with van der Waals surface area (Å²) in [6.45, 7) is 5.65. The lowest BCUT2D eigenvalue weighted by Crippen LogP contribution is -2.54. The van der Waals surface area contributed by atoms with Crippen LogP contribution < -0.4 is 0 Å². The first-order valence-electron chi connectivity index (χ1n) is 9.26. The number of ether oxygens (including phenoxy) is 1. The Kier molecular flexibility index (Phi) is 3.63. The molecule has 26 heavy (non-hydrogen) atoms. The number of esters is 1. The van der Waals surface area contributed by atoms with Crippen LogP contribution in [0, 0.1) is 11.3 Å². The van der Waals surface area contributed by atoms with Gasteiger partial charge >= 0.3 is 5.97 Å². The molecule has 2 fully saturated rings. The number of hydrogen-bond donors (Lipinski definition) is 4. The highest BCUT2D eigenvalue weighted by Crippen LogP contribution is 2.66. The van der Waals surface area contributed by atoms with Crippen molar-refractivity contribution in [2.45, 2.75) is 63.6 Å². The molecule has 1 aromatic rings. The summed E-state index contributed by atoms with van der Waals surface area (Å²) >= 11 is 0. The smallest absolute Gasteiger partial charge is 0.317 e. The van der Waals surface area contributed by atoms with Crippen LogP contribution >= 0.6 is 0 Å². The summed E-state index contributed by atoms with van der Waals surface area (Å²) in [5.41, 5.74) is -0.177. The van der Waals surface area contributed by atoms with E-state index in [9.17, 15) is 25.2 Å². The van der Waals surface area contributed by atoms with Gasteiger partial charge in [0.1, 0.15) is 17.6 Å². The van der Waals surface area contributed by atoms with Crippen LogP contribution in [0.3, 0.4) is 0 Å². The number of benzene rings is 1. The molecule has 142 valence electrons. The summed E-state index contributed by atoms with van der Waals surface area (Å²) < 4.78 is 5.64. The van der Waals surface area contributed by atoms with E-state index in [4.69, 9.17) is 4.74 Å². The lowest BCUT2D eigenvalue weighted by molar-refractivity contribution is -0.148. The molecule has 5 atom stereocenters. The molecular formula is C20H26O6. The van der Waals surface area contributed by atoms with Crippen molar-refractivity contribution in [3.05, 3.63) is 22.8 Å². The molecule has 4 rings (SSSR count). The highest BCUT2D eigenvalue weighted by Gasteiger charge is 2.70. The van der Waals surface area contributed by atoms with Crippen LogP contribution in [0.5, 0.6) is 11.5 Å². The van der Waals surface area contributed by atoms with Crippen molar-refractivity contribution in [3.63, 3.8) is 0 Å². The number of aliphatic hydroxyl groups is 2. The second kappa shape index (κ2) is 5.36. The van der Waals surface area contributed by atoms with E-state index < -0.39 is 29.5 Å². The van der Waals surface area contributed by atoms with Crippen LogP contribution in [0.1, 0.15) is 68.7 Å². The summed E-state index contributed by atoms with van der Waals surface area (Å²) in [4.78, 5) is 13.0. The molecule has 4 N–H and O–H groups in total. The summed E-state index contributed by atoms with van der Waals surface area (Å²) in [6, 6.07) is 1.62. The number of fused-ring (bicyclic) bond motifs is 1. The largest absolute Gasteiger partial charge is 0.504 e. The highest BCUT2D eigenvalue weighted by atomic mass is 16.6. The Morgan fingerprint density at radius 1 is 1.27 bits per heavy atom. The fourth-order valence-corrected chi connectivity index (χ4v) is 5.73. The van der Waals surface area contributed by atoms with Gasteiger partial charge in [0.15, 0.2) is 11.5 Å². The van der Waals surface area contributed by atoms with Gasteiger partial charge in [0.05, 0.1) is 0 Å². The van der Waals surface area contributed by atoms with E-state index in [0.29, 0.717) is 23.1 Å². The molecule has 0 radical (unpaired) electrons. The zero-order valence-electron chi connectivity index (χ0n) is 15.3. The molecule has 0 spiro atoms. The zero-order chi connectivity index (χ0) is 19.0. The van der Waals surface area contributed by atoms with Crippen LogP contribution in [-0.2, 0) is 14.9 Å². The van der Waals surface area contributed by atoms with Crippen molar-refractivity contribution in [1.29, 1.82) is 0 Å². The summed E-state index contributed by atoms with van der Waals surface area (Å²) in [5, 5.41) is 41.9. The molecule has 1 saturated carbocycles. The topological polar surface area (TPSA) is 107 Å². The van der Waals surface area contributed by atoms with E-state index in [0.717, 1.165) is 12.8 Å². The van der Waals surface area contributed by atoms with E-state index in [-0.39, 0.29) is 29.4 Å². The van der Waals surface area contributed by atoms with E-state index in [1.165, 1.54) is 0 Å². The Morgan fingerprint density at radius 2 is 1.96 bits per heavy atom. The standard InChI is InChI=1S/C20H26O6/c1-9(8-21)10-7-11-12(15(24)13(10)22)20-6-4-5-19(2,3)17(20)16(14(11)23)26-18(20)25/h7,9,14,16-17,21-24H,4-6,8H2,1-3H3/t9-,14+,16+,17-,20+/m1/s1. The maximum atomic E-state index is 13.0. The van der Waals surface area contributed by atoms with Gasteiger partial charge in [-0.1, -0.05) is 27.2 Å². The molecule has 1 saturated heterocycles. The Bertz CT molecular complexity index is 785. The average molecular weight is 362 g/mol. The van der Waals surface area contributed by atoms with Crippen LogP contribution in [0.4, 0.5) is 0 Å². The zero-order valence-corrected chi connectivity index (χ0v) is 15.3. The summed E-state index contributed by atoms with van der Waals surface area (Å²) in [5.74, 6) is -1.78. The first kappa shape index (κ1) is 17.6. The molecule has 1 heterocycles. The monoisotopic (exact) mass is 362 g/mol. The van der Waals surface area contributed by atoms with Gasteiger partial charge in [0.25, 0.3) is 0 Å². The summed E-state index contributed by atoms with van der Waals surface area (Å²) in [6.07, 6.45) is 0.504. The first-order chi connectivity index (χ1) is 12.2. The molecule has 2 bridgehead atoms. The minimum atomic E-state index is -1.07. The Morgan fingerprint density at radius 3 is 2.62 bits per heavy atom. The van der Waals surface area contributed by atoms with Crippen LogP contribution in [-0.4, -0.2) is 39.1 Å². The number of aromatic hydroxyl groups is 2. The highest BCUT2D eigenvalue weighted by molar-refractivity contribution is 5.90. The third-order valence-electron chi connectivity index (χ3n) is 6.92. The van der Waals surface area contributed by atoms with Gasteiger partial charge in [-0.15, -0.1) is 0 Å². The lowest BCUT2D eigenvalue weighted by Gasteiger charge is -2.51. The van der Waals surface area contributed by atoms with Crippen molar-refractivity contribution in [2.75, 3.05) is 6.61 Å². The second-order valence-electron chi connectivity index (χ2n) is 8.82. The normalized spacial score (nSPS) is 35.4. The van der Waals surface area contributed by atoms with Gasteiger partial charge in [-0.05, 0) is 29.9 Å². The van der Waals surface area contributed by atoms with Gasteiger partial charge in [0.2, 0.25) is 0 Å². The first-order valence-corrected chi connectivity index (χ1v) is 9.26. The van der Waals surface area contributed by atoms with Crippen molar-refractivity contribution in [1.82, 2.24) is 0 Å². The number of aliphatic hydroxyl groups excluding tert-OH is 2. The van der Waals surface area contributed by atoms with Crippen molar-refractivity contribution in [2.24, 2.45) is 11.3 Å². The quantitative estimate of drug-likeness (QED) is 0.475. The van der Waals surface area contributed by atoms with Gasteiger partial charge in [-0.2, -0.15) is 0 Å². The average Bonchev–Trinajstić information content (AvgIpc) is 2.86. The molecule has 0 amide bonds. The van der Waals surface area contributed by atoms with Crippen molar-refractivity contribution < 1.29 is 30.0 Å². The third kappa shape index (κ3) is 1.92. The molecule has 1 aromatic carbocycles. The van der Waals surface area contributed by atoms with E-state index in [1.807, 2.05) is 0 Å². The molecule has 0 unspecified atom stereocenters. The van der Waals surface area contributed by atoms with E-state index in [1.54, 1.807) is 13.0 Å². The van der Waals surface area contributed by atoms with Crippen molar-refractivity contribution >= 4 is 5.97 Å². The second-order valence-corrected chi connectivity index (χ2v) is 8.82. The van der Waals surface area contributed by atoms with Gasteiger partial charge in [-0.3, -0.25) is 4.79 Å². The molecule has 6 heteroatoms. The fraction of sp³-hybridized carbons (Fsp3) is 0.650. The molecule has 6 nitrogen and oxygen atoms in total. The van der Waals surface area contributed by atoms with Crippen molar-refractivity contribution in [3.8, 4) is 11.5 Å². The minimum Gasteiger partial charge on any atom is -0.504 e. The minimum absolute atomic E-state index is 0.207. The summed E-state index contributed by atoms with van der Waals surface area (Å²) in [7, 11) is 0. The molecular weight excluding hydrogens is 336 g/mol. The molecule has 1 aliphatic heterocycles. The third-order valence-corrected chi connectivity index (χ3v) is 6.92. The molecule has 0 aromatic heterocycles. The van der Waals surface area contributed by atoms with Crippen LogP contribution in [0.15, 0.2) is 6.07 Å². The Hall–Kier alpha value is -1.79. The van der Waals surface area contributed by atoms with Gasteiger partial charge in [-0.25, -0.2) is 0 Å². The number of phenolic OH excluding ortho intramolecular Hbond substituents is 2. The maximum Gasteiger partial charge on any atom is 0.317 e. The number of carbonyl (C=O) groups is 1. The maximum absolute atomic E-state index is 13.0. The predicted molar refractivity (Wildman–Crippen MR) is 92.9 cm³/mol. The lowest BCUT2D eigenvalue weighted by atomic mass is 9.49. The van der Waals surface area contributed by atoms with Gasteiger partial charge < -0.3 is 25.2 Å². The Balaban J connectivity index is 2.03. The van der Waals surface area contributed by atoms with E-state index >= 15 is 0 Å². The number of carbonyl (C=O) groups excluding carboxylic acids is 1.